The van der Waals surface area contributed by atoms with Crippen molar-refractivity contribution >= 4 is 17.9 Å². The molecule has 1 aromatic carbocycles. The van der Waals surface area contributed by atoms with Crippen LogP contribution in [0, 0.1) is 0 Å². The zero-order valence-corrected chi connectivity index (χ0v) is 7.98. The van der Waals surface area contributed by atoms with Crippen molar-refractivity contribution in [2.75, 3.05) is 0 Å². The number of hydrogen-bond donors (Lipinski definition) is 0. The average Bonchev–Trinajstić information content (AvgIpc) is 2.66. The van der Waals surface area contributed by atoms with E-state index in [-0.39, 0.29) is 0 Å². The third kappa shape index (κ3) is 1.67. The van der Waals surface area contributed by atoms with Crippen LogP contribution >= 0.6 is 11.6 Å². The highest BCUT2D eigenvalue weighted by Gasteiger charge is 1.99. The van der Waals surface area contributed by atoms with Gasteiger partial charge in [0.25, 0.3) is 0 Å². The minimum Gasteiger partial charge on any atom is -0.306 e. The molecule has 14 heavy (non-hydrogen) atoms. The van der Waals surface area contributed by atoms with Crippen molar-refractivity contribution in [1.82, 2.24) is 9.55 Å². The van der Waals surface area contributed by atoms with Crippen LogP contribution < -0.4 is 0 Å². The number of imidazole rings is 1. The van der Waals surface area contributed by atoms with Crippen molar-refractivity contribution in [3.63, 3.8) is 0 Å². The number of aromatic nitrogens is 2. The van der Waals surface area contributed by atoms with E-state index in [9.17, 15) is 4.79 Å². The number of hydrogen-bond acceptors (Lipinski definition) is 2. The summed E-state index contributed by atoms with van der Waals surface area (Å²) in [6.07, 6.45) is 3.94. The van der Waals surface area contributed by atoms with E-state index in [0.29, 0.717) is 17.0 Å². The van der Waals surface area contributed by atoms with Gasteiger partial charge in [-0.3, -0.25) is 4.79 Å². The van der Waals surface area contributed by atoms with Crippen molar-refractivity contribution in [3.8, 4) is 5.69 Å². The zero-order chi connectivity index (χ0) is 9.97. The van der Waals surface area contributed by atoms with Crippen molar-refractivity contribution in [3.05, 3.63) is 47.5 Å². The summed E-state index contributed by atoms with van der Waals surface area (Å²) in [5.41, 5.74) is 1.29. The van der Waals surface area contributed by atoms with Crippen LogP contribution in [-0.2, 0) is 0 Å². The summed E-state index contributed by atoms with van der Waals surface area (Å²) in [5, 5.41) is 0.656. The van der Waals surface area contributed by atoms with E-state index in [0.717, 1.165) is 5.69 Å². The second-order valence-corrected chi connectivity index (χ2v) is 3.24. The van der Waals surface area contributed by atoms with E-state index in [1.807, 2.05) is 12.1 Å². The number of halogens is 1. The van der Waals surface area contributed by atoms with E-state index in [1.54, 1.807) is 29.2 Å². The van der Waals surface area contributed by atoms with Crippen LogP contribution in [0.2, 0.25) is 5.02 Å². The summed E-state index contributed by atoms with van der Waals surface area (Å²) >= 11 is 5.83. The molecule has 1 heterocycles. The lowest BCUT2D eigenvalue weighted by Gasteiger charge is -2.00. The zero-order valence-electron chi connectivity index (χ0n) is 7.22. The third-order valence-electron chi connectivity index (χ3n) is 1.83. The number of benzene rings is 1. The molecule has 0 aliphatic heterocycles. The standard InChI is InChI=1S/C10H7ClN2O/c11-8-2-1-3-10(4-8)13-5-9(6-14)12-7-13/h1-7H. The van der Waals surface area contributed by atoms with Crippen LogP contribution in [0.25, 0.3) is 5.69 Å². The minimum absolute atomic E-state index is 0.407. The average molecular weight is 207 g/mol. The molecule has 0 N–H and O–H groups in total. The van der Waals surface area contributed by atoms with Gasteiger partial charge < -0.3 is 4.57 Å². The van der Waals surface area contributed by atoms with E-state index in [1.165, 1.54) is 0 Å². The minimum atomic E-state index is 0.407. The third-order valence-corrected chi connectivity index (χ3v) is 2.06. The summed E-state index contributed by atoms with van der Waals surface area (Å²) < 4.78 is 1.75. The van der Waals surface area contributed by atoms with Crippen LogP contribution in [0.4, 0.5) is 0 Å². The molecular weight excluding hydrogens is 200 g/mol. The molecule has 1 aromatic heterocycles. The Morgan fingerprint density at radius 3 is 2.93 bits per heavy atom. The van der Waals surface area contributed by atoms with Crippen LogP contribution in [-0.4, -0.2) is 15.8 Å². The Kier molecular flexibility index (Phi) is 2.33. The first-order valence-corrected chi connectivity index (χ1v) is 4.42. The smallest absolute Gasteiger partial charge is 0.170 e. The van der Waals surface area contributed by atoms with Crippen LogP contribution in [0.5, 0.6) is 0 Å². The molecule has 0 saturated carbocycles. The fourth-order valence-electron chi connectivity index (χ4n) is 1.18. The summed E-state index contributed by atoms with van der Waals surface area (Å²) in [6.45, 7) is 0. The monoisotopic (exact) mass is 206 g/mol. The lowest BCUT2D eigenvalue weighted by Crippen LogP contribution is -1.88. The van der Waals surface area contributed by atoms with Gasteiger partial charge in [0.15, 0.2) is 6.29 Å². The lowest BCUT2D eigenvalue weighted by molar-refractivity contribution is 0.111. The van der Waals surface area contributed by atoms with Gasteiger partial charge in [0.1, 0.15) is 12.0 Å². The van der Waals surface area contributed by atoms with E-state index < -0.39 is 0 Å². The molecule has 70 valence electrons. The van der Waals surface area contributed by atoms with Gasteiger partial charge in [-0.1, -0.05) is 17.7 Å². The van der Waals surface area contributed by atoms with Crippen molar-refractivity contribution in [2.45, 2.75) is 0 Å². The number of nitrogens with zero attached hydrogens (tertiary/aromatic N) is 2. The van der Waals surface area contributed by atoms with Crippen LogP contribution in [0.3, 0.4) is 0 Å². The van der Waals surface area contributed by atoms with Gasteiger partial charge in [-0.05, 0) is 18.2 Å². The maximum atomic E-state index is 10.4. The first kappa shape index (κ1) is 8.97. The molecule has 0 fully saturated rings. The number of carbonyl (C=O) groups is 1. The van der Waals surface area contributed by atoms with Crippen LogP contribution in [0.15, 0.2) is 36.8 Å². The molecule has 0 unspecified atom stereocenters. The maximum absolute atomic E-state index is 10.4. The van der Waals surface area contributed by atoms with Gasteiger partial charge in [0.2, 0.25) is 0 Å². The Hall–Kier alpha value is -1.61. The molecule has 0 saturated heterocycles. The van der Waals surface area contributed by atoms with Gasteiger partial charge in [-0.25, -0.2) is 4.98 Å². The van der Waals surface area contributed by atoms with Crippen molar-refractivity contribution < 1.29 is 4.79 Å². The molecule has 3 nitrogen and oxygen atoms in total. The summed E-state index contributed by atoms with van der Waals surface area (Å²) in [5.74, 6) is 0. The van der Waals surface area contributed by atoms with E-state index >= 15 is 0 Å². The molecule has 0 bridgehead atoms. The Morgan fingerprint density at radius 2 is 2.29 bits per heavy atom. The molecule has 0 aliphatic carbocycles. The summed E-state index contributed by atoms with van der Waals surface area (Å²) in [7, 11) is 0. The fraction of sp³-hybridized carbons (Fsp3) is 0. The molecule has 0 atom stereocenters. The number of carbonyl (C=O) groups excluding carboxylic acids is 1. The maximum Gasteiger partial charge on any atom is 0.170 e. The molecule has 2 rings (SSSR count). The van der Waals surface area contributed by atoms with Gasteiger partial charge >= 0.3 is 0 Å². The highest BCUT2D eigenvalue weighted by Crippen LogP contribution is 2.14. The predicted octanol–water partition coefficient (Wildman–Crippen LogP) is 2.34. The number of aldehydes is 1. The second-order valence-electron chi connectivity index (χ2n) is 2.80. The summed E-state index contributed by atoms with van der Waals surface area (Å²) in [4.78, 5) is 14.3. The molecular formula is C10H7ClN2O. The molecule has 0 spiro atoms. The number of rotatable bonds is 2. The molecule has 2 aromatic rings. The first-order chi connectivity index (χ1) is 6.79. The SMILES string of the molecule is O=Cc1cn(-c2cccc(Cl)c2)cn1. The summed E-state index contributed by atoms with van der Waals surface area (Å²) in [6, 6.07) is 7.33. The van der Waals surface area contributed by atoms with Gasteiger partial charge in [-0.2, -0.15) is 0 Å². The van der Waals surface area contributed by atoms with Crippen molar-refractivity contribution in [2.24, 2.45) is 0 Å². The van der Waals surface area contributed by atoms with Crippen molar-refractivity contribution in [1.29, 1.82) is 0 Å². The fourth-order valence-corrected chi connectivity index (χ4v) is 1.36. The Bertz CT molecular complexity index is 465. The topological polar surface area (TPSA) is 34.9 Å². The highest BCUT2D eigenvalue weighted by molar-refractivity contribution is 6.30. The largest absolute Gasteiger partial charge is 0.306 e. The Labute approximate surface area is 86.0 Å². The first-order valence-electron chi connectivity index (χ1n) is 4.05. The van der Waals surface area contributed by atoms with Gasteiger partial charge in [0, 0.05) is 16.9 Å². The van der Waals surface area contributed by atoms with Gasteiger partial charge in [0.05, 0.1) is 0 Å². The predicted molar refractivity (Wildman–Crippen MR) is 54.0 cm³/mol. The highest BCUT2D eigenvalue weighted by atomic mass is 35.5. The Balaban J connectivity index is 2.43. The van der Waals surface area contributed by atoms with Gasteiger partial charge in [-0.15, -0.1) is 0 Å². The molecule has 4 heteroatoms. The van der Waals surface area contributed by atoms with E-state index in [2.05, 4.69) is 4.98 Å². The quantitative estimate of drug-likeness (QED) is 0.707. The second kappa shape index (κ2) is 3.64. The molecule has 0 radical (unpaired) electrons. The molecule has 0 amide bonds. The van der Waals surface area contributed by atoms with E-state index in [4.69, 9.17) is 11.6 Å². The Morgan fingerprint density at radius 1 is 1.43 bits per heavy atom. The lowest BCUT2D eigenvalue weighted by atomic mass is 10.3. The van der Waals surface area contributed by atoms with Crippen LogP contribution in [0.1, 0.15) is 10.5 Å². The molecule has 0 aliphatic rings. The normalized spacial score (nSPS) is 10.1.